The Morgan fingerprint density at radius 2 is 2.31 bits per heavy atom. The summed E-state index contributed by atoms with van der Waals surface area (Å²) < 4.78 is 5.04. The van der Waals surface area contributed by atoms with Crippen molar-refractivity contribution in [1.29, 1.82) is 0 Å². The second-order valence-electron chi connectivity index (χ2n) is 3.20. The molecule has 4 nitrogen and oxygen atoms in total. The van der Waals surface area contributed by atoms with Crippen molar-refractivity contribution in [2.75, 3.05) is 5.32 Å². The van der Waals surface area contributed by atoms with E-state index >= 15 is 0 Å². The number of pyridine rings is 1. The SMILES string of the molecule is Cc1occc1C(=O)Nc1cc(Cl)ccn1. The van der Waals surface area contributed by atoms with Crippen LogP contribution in [0.4, 0.5) is 5.82 Å². The lowest BCUT2D eigenvalue weighted by Gasteiger charge is -2.03. The lowest BCUT2D eigenvalue weighted by molar-refractivity contribution is 0.102. The number of rotatable bonds is 2. The fourth-order valence-corrected chi connectivity index (χ4v) is 1.44. The van der Waals surface area contributed by atoms with Crippen LogP contribution in [0.5, 0.6) is 0 Å². The first-order valence-corrected chi connectivity index (χ1v) is 5.01. The molecule has 1 N–H and O–H groups in total. The number of carbonyl (C=O) groups excluding carboxylic acids is 1. The van der Waals surface area contributed by atoms with Crippen LogP contribution in [-0.2, 0) is 0 Å². The van der Waals surface area contributed by atoms with Gasteiger partial charge in [-0.15, -0.1) is 0 Å². The van der Waals surface area contributed by atoms with Gasteiger partial charge in [-0.3, -0.25) is 4.79 Å². The van der Waals surface area contributed by atoms with Gasteiger partial charge in [-0.05, 0) is 25.1 Å². The van der Waals surface area contributed by atoms with E-state index in [0.717, 1.165) is 0 Å². The molecule has 0 aliphatic heterocycles. The molecule has 16 heavy (non-hydrogen) atoms. The molecule has 2 rings (SSSR count). The minimum Gasteiger partial charge on any atom is -0.469 e. The van der Waals surface area contributed by atoms with Crippen LogP contribution in [0.2, 0.25) is 5.02 Å². The van der Waals surface area contributed by atoms with Crippen molar-refractivity contribution < 1.29 is 9.21 Å². The van der Waals surface area contributed by atoms with Gasteiger partial charge in [0.05, 0.1) is 11.8 Å². The zero-order chi connectivity index (χ0) is 11.5. The van der Waals surface area contributed by atoms with Crippen molar-refractivity contribution in [3.8, 4) is 0 Å². The van der Waals surface area contributed by atoms with Crippen molar-refractivity contribution in [3.05, 3.63) is 47.0 Å². The van der Waals surface area contributed by atoms with E-state index in [1.54, 1.807) is 25.1 Å². The minimum atomic E-state index is -0.263. The van der Waals surface area contributed by atoms with E-state index in [1.165, 1.54) is 12.5 Å². The van der Waals surface area contributed by atoms with Crippen LogP contribution >= 0.6 is 11.6 Å². The number of furan rings is 1. The van der Waals surface area contributed by atoms with Crippen LogP contribution in [0.15, 0.2) is 35.1 Å². The van der Waals surface area contributed by atoms with E-state index in [9.17, 15) is 4.79 Å². The van der Waals surface area contributed by atoms with E-state index in [4.69, 9.17) is 16.0 Å². The molecule has 0 aliphatic carbocycles. The largest absolute Gasteiger partial charge is 0.469 e. The Bertz CT molecular complexity index is 522. The minimum absolute atomic E-state index is 0.263. The summed E-state index contributed by atoms with van der Waals surface area (Å²) in [5.41, 5.74) is 0.488. The summed E-state index contributed by atoms with van der Waals surface area (Å²) in [7, 11) is 0. The Hall–Kier alpha value is -1.81. The number of halogens is 1. The van der Waals surface area contributed by atoms with Gasteiger partial charge in [0.25, 0.3) is 5.91 Å². The van der Waals surface area contributed by atoms with Gasteiger partial charge in [0, 0.05) is 11.2 Å². The lowest BCUT2D eigenvalue weighted by Crippen LogP contribution is -2.12. The fraction of sp³-hybridized carbons (Fsp3) is 0.0909. The molecule has 2 aromatic heterocycles. The number of nitrogens with one attached hydrogen (secondary N) is 1. The number of aromatic nitrogens is 1. The number of nitrogens with zero attached hydrogens (tertiary/aromatic N) is 1. The summed E-state index contributed by atoms with van der Waals surface area (Å²) in [6, 6.07) is 4.82. The quantitative estimate of drug-likeness (QED) is 0.872. The first kappa shape index (κ1) is 10.7. The van der Waals surface area contributed by atoms with Crippen molar-refractivity contribution in [3.63, 3.8) is 0 Å². The summed E-state index contributed by atoms with van der Waals surface area (Å²) in [6.07, 6.45) is 3.00. The molecule has 0 radical (unpaired) electrons. The first-order chi connectivity index (χ1) is 7.66. The highest BCUT2D eigenvalue weighted by Crippen LogP contribution is 2.14. The Labute approximate surface area is 97.2 Å². The fourth-order valence-electron chi connectivity index (χ4n) is 1.28. The summed E-state index contributed by atoms with van der Waals surface area (Å²) in [5, 5.41) is 3.15. The van der Waals surface area contributed by atoms with E-state index in [1.807, 2.05) is 0 Å². The highest BCUT2D eigenvalue weighted by atomic mass is 35.5. The van der Waals surface area contributed by atoms with E-state index in [-0.39, 0.29) is 5.91 Å². The van der Waals surface area contributed by atoms with Gasteiger partial charge in [-0.25, -0.2) is 4.98 Å². The molecule has 0 bridgehead atoms. The van der Waals surface area contributed by atoms with Crippen molar-refractivity contribution in [2.24, 2.45) is 0 Å². The summed E-state index contributed by atoms with van der Waals surface area (Å²) in [4.78, 5) is 15.7. The van der Waals surface area contributed by atoms with Crippen molar-refractivity contribution in [1.82, 2.24) is 4.98 Å². The molecule has 5 heteroatoms. The second kappa shape index (κ2) is 4.37. The molecule has 2 heterocycles. The van der Waals surface area contributed by atoms with Gasteiger partial charge < -0.3 is 9.73 Å². The van der Waals surface area contributed by atoms with Crippen LogP contribution in [0, 0.1) is 6.92 Å². The number of aryl methyl sites for hydroxylation is 1. The highest BCUT2D eigenvalue weighted by Gasteiger charge is 2.11. The second-order valence-corrected chi connectivity index (χ2v) is 3.64. The highest BCUT2D eigenvalue weighted by molar-refractivity contribution is 6.30. The maximum atomic E-state index is 11.8. The molecule has 0 fully saturated rings. The number of anilines is 1. The van der Waals surface area contributed by atoms with Gasteiger partial charge in [0.1, 0.15) is 11.6 Å². The molecule has 1 amide bonds. The predicted molar refractivity (Wildman–Crippen MR) is 60.6 cm³/mol. The zero-order valence-electron chi connectivity index (χ0n) is 8.53. The molecule has 82 valence electrons. The summed E-state index contributed by atoms with van der Waals surface area (Å²) >= 11 is 5.77. The van der Waals surface area contributed by atoms with Crippen molar-refractivity contribution >= 4 is 23.3 Å². The van der Waals surface area contributed by atoms with Crippen molar-refractivity contribution in [2.45, 2.75) is 6.92 Å². The Balaban J connectivity index is 2.17. The average Bonchev–Trinajstić information content (AvgIpc) is 2.64. The molecule has 0 aromatic carbocycles. The average molecular weight is 237 g/mol. The number of amides is 1. The molecule has 2 aromatic rings. The van der Waals surface area contributed by atoms with E-state index in [2.05, 4.69) is 10.3 Å². The number of hydrogen-bond acceptors (Lipinski definition) is 3. The third-order valence-corrected chi connectivity index (χ3v) is 2.30. The van der Waals surface area contributed by atoms with E-state index < -0.39 is 0 Å². The zero-order valence-corrected chi connectivity index (χ0v) is 9.28. The number of hydrogen-bond donors (Lipinski definition) is 1. The van der Waals surface area contributed by atoms with Crippen LogP contribution < -0.4 is 5.32 Å². The predicted octanol–water partition coefficient (Wildman–Crippen LogP) is 2.89. The molecular formula is C11H9ClN2O2. The molecular weight excluding hydrogens is 228 g/mol. The maximum Gasteiger partial charge on any atom is 0.260 e. The maximum absolute atomic E-state index is 11.8. The van der Waals surface area contributed by atoms with E-state index in [0.29, 0.717) is 22.2 Å². The monoisotopic (exact) mass is 236 g/mol. The molecule has 0 aliphatic rings. The van der Waals surface area contributed by atoms with Gasteiger partial charge in [-0.1, -0.05) is 11.6 Å². The Morgan fingerprint density at radius 3 is 2.94 bits per heavy atom. The Kier molecular flexibility index (Phi) is 2.92. The van der Waals surface area contributed by atoms with Crippen LogP contribution in [0.25, 0.3) is 0 Å². The summed E-state index contributed by atoms with van der Waals surface area (Å²) in [5.74, 6) is 0.721. The van der Waals surface area contributed by atoms with Crippen LogP contribution in [-0.4, -0.2) is 10.9 Å². The Morgan fingerprint density at radius 1 is 1.50 bits per heavy atom. The third kappa shape index (κ3) is 2.23. The van der Waals surface area contributed by atoms with Gasteiger partial charge in [0.2, 0.25) is 0 Å². The third-order valence-electron chi connectivity index (χ3n) is 2.07. The van der Waals surface area contributed by atoms with Gasteiger partial charge in [0.15, 0.2) is 0 Å². The molecule has 0 unspecified atom stereocenters. The topological polar surface area (TPSA) is 55.1 Å². The molecule has 0 spiro atoms. The first-order valence-electron chi connectivity index (χ1n) is 4.64. The van der Waals surface area contributed by atoms with Crippen LogP contribution in [0.3, 0.4) is 0 Å². The van der Waals surface area contributed by atoms with Gasteiger partial charge in [-0.2, -0.15) is 0 Å². The molecule has 0 saturated heterocycles. The molecule has 0 saturated carbocycles. The normalized spacial score (nSPS) is 10.1. The number of carbonyl (C=O) groups is 1. The summed E-state index contributed by atoms with van der Waals surface area (Å²) in [6.45, 7) is 1.72. The smallest absolute Gasteiger partial charge is 0.260 e. The van der Waals surface area contributed by atoms with Crippen LogP contribution in [0.1, 0.15) is 16.1 Å². The lowest BCUT2D eigenvalue weighted by atomic mass is 10.2. The van der Waals surface area contributed by atoms with Gasteiger partial charge >= 0.3 is 0 Å². The standard InChI is InChI=1S/C11H9ClN2O2/c1-7-9(3-5-16-7)11(15)14-10-6-8(12)2-4-13-10/h2-6H,1H3,(H,13,14,15). The molecule has 0 atom stereocenters.